The van der Waals surface area contributed by atoms with Crippen molar-refractivity contribution >= 4 is 22.3 Å². The predicted molar refractivity (Wildman–Crippen MR) is 102 cm³/mol. The van der Waals surface area contributed by atoms with E-state index in [4.69, 9.17) is 4.98 Å². The number of hydrogen-bond acceptors (Lipinski definition) is 3. The van der Waals surface area contributed by atoms with Crippen LogP contribution in [0.5, 0.6) is 0 Å². The SMILES string of the molecule is Fc1c(C2CCCC2)nc2c(C3CC3)cccc2c1Nc1ccncc1. The Labute approximate surface area is 152 Å². The van der Waals surface area contributed by atoms with Crippen LogP contribution in [-0.2, 0) is 0 Å². The third kappa shape index (κ3) is 2.74. The largest absolute Gasteiger partial charge is 0.352 e. The summed E-state index contributed by atoms with van der Waals surface area (Å²) in [7, 11) is 0. The van der Waals surface area contributed by atoms with Gasteiger partial charge in [0.1, 0.15) is 0 Å². The summed E-state index contributed by atoms with van der Waals surface area (Å²) in [6, 6.07) is 9.92. The molecule has 0 bridgehead atoms. The quantitative estimate of drug-likeness (QED) is 0.624. The summed E-state index contributed by atoms with van der Waals surface area (Å²) in [5.41, 5.74) is 4.32. The molecule has 1 aromatic carbocycles. The molecular weight excluding hydrogens is 325 g/mol. The van der Waals surface area contributed by atoms with Gasteiger partial charge in [0.15, 0.2) is 5.82 Å². The first-order valence-corrected chi connectivity index (χ1v) is 9.60. The van der Waals surface area contributed by atoms with Crippen LogP contribution in [0.3, 0.4) is 0 Å². The van der Waals surface area contributed by atoms with Crippen LogP contribution < -0.4 is 5.32 Å². The minimum atomic E-state index is -0.186. The fourth-order valence-electron chi connectivity index (χ4n) is 4.20. The third-order valence-electron chi connectivity index (χ3n) is 5.72. The van der Waals surface area contributed by atoms with Crippen LogP contribution in [0.15, 0.2) is 42.7 Å². The molecule has 2 saturated carbocycles. The average Bonchev–Trinajstić information content (AvgIpc) is 3.38. The Morgan fingerprint density at radius 2 is 1.69 bits per heavy atom. The fourth-order valence-corrected chi connectivity index (χ4v) is 4.20. The number of anilines is 2. The van der Waals surface area contributed by atoms with Crippen LogP contribution in [0.25, 0.3) is 10.9 Å². The molecule has 3 nitrogen and oxygen atoms in total. The number of fused-ring (bicyclic) bond motifs is 1. The first kappa shape index (κ1) is 15.7. The highest BCUT2D eigenvalue weighted by Gasteiger charge is 2.30. The lowest BCUT2D eigenvalue weighted by molar-refractivity contribution is 0.571. The smallest absolute Gasteiger partial charge is 0.169 e. The fraction of sp³-hybridized carbons (Fsp3) is 0.364. The van der Waals surface area contributed by atoms with Gasteiger partial charge < -0.3 is 5.32 Å². The molecular formula is C22H22FN3. The van der Waals surface area contributed by atoms with Gasteiger partial charge in [0.05, 0.1) is 16.9 Å². The van der Waals surface area contributed by atoms with Crippen LogP contribution in [0.4, 0.5) is 15.8 Å². The molecule has 4 heteroatoms. The van der Waals surface area contributed by atoms with Crippen molar-refractivity contribution in [1.82, 2.24) is 9.97 Å². The molecule has 5 rings (SSSR count). The summed E-state index contributed by atoms with van der Waals surface area (Å²) in [6.07, 6.45) is 10.3. The number of benzene rings is 1. The highest BCUT2D eigenvalue weighted by atomic mass is 19.1. The molecule has 2 aliphatic carbocycles. The molecule has 0 atom stereocenters. The molecule has 3 aromatic rings. The number of hydrogen-bond donors (Lipinski definition) is 1. The van der Waals surface area contributed by atoms with Gasteiger partial charge in [-0.15, -0.1) is 0 Å². The van der Waals surface area contributed by atoms with Gasteiger partial charge in [-0.25, -0.2) is 9.37 Å². The van der Waals surface area contributed by atoms with Crippen molar-refractivity contribution in [2.75, 3.05) is 5.32 Å². The number of pyridine rings is 2. The maximum absolute atomic E-state index is 15.5. The molecule has 0 unspecified atom stereocenters. The Morgan fingerprint density at radius 1 is 0.923 bits per heavy atom. The Hall–Kier alpha value is -2.49. The second kappa shape index (κ2) is 6.35. The second-order valence-corrected chi connectivity index (χ2v) is 7.55. The van der Waals surface area contributed by atoms with E-state index in [0.29, 0.717) is 17.3 Å². The monoisotopic (exact) mass is 347 g/mol. The zero-order chi connectivity index (χ0) is 17.5. The van der Waals surface area contributed by atoms with Gasteiger partial charge in [-0.3, -0.25) is 4.98 Å². The molecule has 0 spiro atoms. The van der Waals surface area contributed by atoms with Crippen molar-refractivity contribution in [2.45, 2.75) is 50.4 Å². The van der Waals surface area contributed by atoms with Crippen molar-refractivity contribution < 1.29 is 4.39 Å². The maximum Gasteiger partial charge on any atom is 0.169 e. The highest BCUT2D eigenvalue weighted by Crippen LogP contribution is 2.45. The normalized spacial score (nSPS) is 17.7. The molecule has 1 N–H and O–H groups in total. The van der Waals surface area contributed by atoms with E-state index in [2.05, 4.69) is 16.4 Å². The minimum Gasteiger partial charge on any atom is -0.352 e. The van der Waals surface area contributed by atoms with E-state index in [1.54, 1.807) is 12.4 Å². The Balaban J connectivity index is 1.72. The maximum atomic E-state index is 15.5. The van der Waals surface area contributed by atoms with Gasteiger partial charge in [-0.05, 0) is 49.3 Å². The molecule has 2 heterocycles. The molecule has 2 aromatic heterocycles. The van der Waals surface area contributed by atoms with Gasteiger partial charge in [-0.1, -0.05) is 31.0 Å². The Kier molecular flexibility index (Phi) is 3.84. The zero-order valence-corrected chi connectivity index (χ0v) is 14.7. The Bertz CT molecular complexity index is 945. The van der Waals surface area contributed by atoms with Crippen molar-refractivity contribution in [3.63, 3.8) is 0 Å². The van der Waals surface area contributed by atoms with E-state index in [1.807, 2.05) is 24.3 Å². The van der Waals surface area contributed by atoms with Crippen LogP contribution in [0.2, 0.25) is 0 Å². The van der Waals surface area contributed by atoms with Crippen molar-refractivity contribution in [1.29, 1.82) is 0 Å². The van der Waals surface area contributed by atoms with Gasteiger partial charge >= 0.3 is 0 Å². The first-order valence-electron chi connectivity index (χ1n) is 9.60. The topological polar surface area (TPSA) is 37.8 Å². The van der Waals surface area contributed by atoms with E-state index in [-0.39, 0.29) is 11.7 Å². The van der Waals surface area contributed by atoms with E-state index < -0.39 is 0 Å². The second-order valence-electron chi connectivity index (χ2n) is 7.55. The summed E-state index contributed by atoms with van der Waals surface area (Å²) in [6.45, 7) is 0. The molecule has 0 saturated heterocycles. The summed E-state index contributed by atoms with van der Waals surface area (Å²) >= 11 is 0. The number of nitrogens with zero attached hydrogens (tertiary/aromatic N) is 2. The standard InChI is InChI=1S/C22H22FN3/c23-19-20(15-4-1-2-5-15)26-21-17(14-8-9-14)6-3-7-18(21)22(19)25-16-10-12-24-13-11-16/h3,6-7,10-15H,1-2,4-5,8-9H2,(H,24,25,26). The number of aromatic nitrogens is 2. The van der Waals surface area contributed by atoms with Gasteiger partial charge in [0.2, 0.25) is 0 Å². The highest BCUT2D eigenvalue weighted by molar-refractivity contribution is 5.96. The number of nitrogens with one attached hydrogen (secondary N) is 1. The van der Waals surface area contributed by atoms with Crippen molar-refractivity contribution in [2.24, 2.45) is 0 Å². The zero-order valence-electron chi connectivity index (χ0n) is 14.7. The number of para-hydroxylation sites is 1. The lowest BCUT2D eigenvalue weighted by Crippen LogP contribution is -2.07. The predicted octanol–water partition coefficient (Wildman–Crippen LogP) is 6.05. The van der Waals surface area contributed by atoms with Crippen LogP contribution in [-0.4, -0.2) is 9.97 Å². The molecule has 2 fully saturated rings. The van der Waals surface area contributed by atoms with E-state index in [0.717, 1.165) is 29.4 Å². The van der Waals surface area contributed by atoms with Crippen LogP contribution >= 0.6 is 0 Å². The number of rotatable bonds is 4. The average molecular weight is 347 g/mol. The third-order valence-corrected chi connectivity index (χ3v) is 5.72. The molecule has 0 amide bonds. The molecule has 26 heavy (non-hydrogen) atoms. The number of halogens is 1. The molecule has 132 valence electrons. The summed E-state index contributed by atoms with van der Waals surface area (Å²) in [4.78, 5) is 8.94. The van der Waals surface area contributed by atoms with E-state index in [9.17, 15) is 0 Å². The van der Waals surface area contributed by atoms with E-state index in [1.165, 1.54) is 31.2 Å². The van der Waals surface area contributed by atoms with Crippen molar-refractivity contribution in [3.8, 4) is 0 Å². The summed E-state index contributed by atoms with van der Waals surface area (Å²) < 4.78 is 15.5. The van der Waals surface area contributed by atoms with E-state index >= 15 is 4.39 Å². The summed E-state index contributed by atoms with van der Waals surface area (Å²) in [5.74, 6) is 0.640. The summed E-state index contributed by atoms with van der Waals surface area (Å²) in [5, 5.41) is 4.19. The lowest BCUT2D eigenvalue weighted by atomic mass is 9.98. The molecule has 0 aliphatic heterocycles. The molecule has 2 aliphatic rings. The van der Waals surface area contributed by atoms with Crippen molar-refractivity contribution in [3.05, 3.63) is 59.8 Å². The van der Waals surface area contributed by atoms with Crippen LogP contribution in [0.1, 0.15) is 61.6 Å². The minimum absolute atomic E-state index is 0.186. The molecule has 0 radical (unpaired) electrons. The van der Waals surface area contributed by atoms with Gasteiger partial charge in [0.25, 0.3) is 0 Å². The van der Waals surface area contributed by atoms with Gasteiger partial charge in [-0.2, -0.15) is 0 Å². The van der Waals surface area contributed by atoms with Gasteiger partial charge in [0, 0.05) is 29.4 Å². The van der Waals surface area contributed by atoms with Crippen LogP contribution in [0, 0.1) is 5.82 Å². The first-order chi connectivity index (χ1) is 12.8. The lowest BCUT2D eigenvalue weighted by Gasteiger charge is -2.18. The Morgan fingerprint density at radius 3 is 2.42 bits per heavy atom.